The molecule has 6 nitrogen and oxygen atoms in total. The van der Waals surface area contributed by atoms with Crippen LogP contribution in [0.2, 0.25) is 0 Å². The van der Waals surface area contributed by atoms with Crippen LogP contribution < -0.4 is 5.73 Å². The van der Waals surface area contributed by atoms with Gasteiger partial charge in [0.05, 0.1) is 23.9 Å². The standard InChI is InChI=1S/C30H29F2N3O3/c1-30(2,37)13-28-24-12-27(32)25(10-20(24)16-38-28)22-6-5-18(29(36)35-8-7-21(34)15-35)9-23(22)17-3-4-19(14-33)26(31)11-17/h3-6,9-12,21,28,37H,7-8,13,15-16,34H2,1-2H3. The number of nitrogens with zero attached hydrogens (tertiary/aromatic N) is 2. The minimum atomic E-state index is -0.976. The molecule has 3 N–H and O–H groups in total. The van der Waals surface area contributed by atoms with Crippen LogP contribution in [-0.2, 0) is 11.3 Å². The van der Waals surface area contributed by atoms with Gasteiger partial charge in [0.1, 0.15) is 17.7 Å². The molecule has 2 aliphatic heterocycles. The zero-order valence-electron chi connectivity index (χ0n) is 21.3. The smallest absolute Gasteiger partial charge is 0.253 e. The lowest BCUT2D eigenvalue weighted by atomic mass is 9.89. The molecule has 5 rings (SSSR count). The SMILES string of the molecule is CC(C)(O)CC1OCc2cc(-c3ccc(C(=O)N4CCC(N)C4)cc3-c3ccc(C#N)c(F)c3)c(F)cc21. The number of hydrogen-bond donors (Lipinski definition) is 2. The molecular formula is C30H29F2N3O3. The second-order valence-corrected chi connectivity index (χ2v) is 10.7. The van der Waals surface area contributed by atoms with E-state index >= 15 is 4.39 Å². The summed E-state index contributed by atoms with van der Waals surface area (Å²) in [5, 5.41) is 19.4. The van der Waals surface area contributed by atoms with Crippen LogP contribution in [0.3, 0.4) is 0 Å². The van der Waals surface area contributed by atoms with Crippen LogP contribution in [0.15, 0.2) is 48.5 Å². The Kier molecular flexibility index (Phi) is 6.78. The molecule has 3 aromatic carbocycles. The molecule has 2 atom stereocenters. The number of aliphatic hydroxyl groups is 1. The number of hydrogen-bond acceptors (Lipinski definition) is 5. The van der Waals surface area contributed by atoms with Crippen molar-refractivity contribution >= 4 is 5.91 Å². The Hall–Kier alpha value is -3.64. The van der Waals surface area contributed by atoms with Gasteiger partial charge in [0.25, 0.3) is 5.91 Å². The number of nitriles is 1. The Balaban J connectivity index is 1.61. The molecule has 0 aromatic heterocycles. The van der Waals surface area contributed by atoms with Gasteiger partial charge in [-0.15, -0.1) is 0 Å². The van der Waals surface area contributed by atoms with E-state index in [1.807, 2.05) is 6.07 Å². The van der Waals surface area contributed by atoms with E-state index in [1.165, 1.54) is 18.2 Å². The summed E-state index contributed by atoms with van der Waals surface area (Å²) in [7, 11) is 0. The van der Waals surface area contributed by atoms with Crippen molar-refractivity contribution in [2.24, 2.45) is 5.73 Å². The van der Waals surface area contributed by atoms with Crippen molar-refractivity contribution in [2.45, 2.75) is 51.0 Å². The molecule has 2 aliphatic rings. The molecule has 38 heavy (non-hydrogen) atoms. The normalized spacial score (nSPS) is 18.9. The van der Waals surface area contributed by atoms with E-state index in [0.717, 1.165) is 5.56 Å². The number of benzene rings is 3. The van der Waals surface area contributed by atoms with Gasteiger partial charge >= 0.3 is 0 Å². The first-order chi connectivity index (χ1) is 18.0. The fourth-order valence-corrected chi connectivity index (χ4v) is 5.25. The number of carbonyl (C=O) groups is 1. The third-order valence-corrected chi connectivity index (χ3v) is 7.17. The van der Waals surface area contributed by atoms with Gasteiger partial charge in [-0.1, -0.05) is 12.1 Å². The van der Waals surface area contributed by atoms with Crippen molar-refractivity contribution in [1.82, 2.24) is 4.90 Å². The van der Waals surface area contributed by atoms with E-state index in [9.17, 15) is 14.3 Å². The van der Waals surface area contributed by atoms with Crippen LogP contribution >= 0.6 is 0 Å². The van der Waals surface area contributed by atoms with Gasteiger partial charge in [-0.3, -0.25) is 4.79 Å². The van der Waals surface area contributed by atoms with Gasteiger partial charge in [-0.05, 0) is 84.5 Å². The zero-order chi connectivity index (χ0) is 27.2. The molecule has 3 aromatic rings. The van der Waals surface area contributed by atoms with Crippen LogP contribution in [0.1, 0.15) is 59.8 Å². The monoisotopic (exact) mass is 517 g/mol. The summed E-state index contributed by atoms with van der Waals surface area (Å²) in [6, 6.07) is 14.0. The average Bonchev–Trinajstić information content (AvgIpc) is 3.47. The summed E-state index contributed by atoms with van der Waals surface area (Å²) in [6.07, 6.45) is 0.618. The maximum Gasteiger partial charge on any atom is 0.253 e. The topological polar surface area (TPSA) is 99.6 Å². The second-order valence-electron chi connectivity index (χ2n) is 10.7. The molecule has 2 unspecified atom stereocenters. The van der Waals surface area contributed by atoms with Gasteiger partial charge in [-0.2, -0.15) is 5.26 Å². The second kappa shape index (κ2) is 9.91. The van der Waals surface area contributed by atoms with Gasteiger partial charge in [-0.25, -0.2) is 8.78 Å². The Bertz CT molecular complexity index is 1460. The van der Waals surface area contributed by atoms with Crippen molar-refractivity contribution < 1.29 is 23.4 Å². The van der Waals surface area contributed by atoms with Crippen LogP contribution in [0.4, 0.5) is 8.78 Å². The fourth-order valence-electron chi connectivity index (χ4n) is 5.25. The summed E-state index contributed by atoms with van der Waals surface area (Å²) >= 11 is 0. The van der Waals surface area contributed by atoms with Crippen LogP contribution in [0.5, 0.6) is 0 Å². The van der Waals surface area contributed by atoms with E-state index in [-0.39, 0.29) is 24.1 Å². The Morgan fingerprint density at radius 2 is 1.92 bits per heavy atom. The first kappa shape index (κ1) is 26.0. The van der Waals surface area contributed by atoms with E-state index < -0.39 is 23.3 Å². The lowest BCUT2D eigenvalue weighted by Crippen LogP contribution is -2.31. The molecule has 196 valence electrons. The predicted molar refractivity (Wildman–Crippen MR) is 139 cm³/mol. The van der Waals surface area contributed by atoms with Crippen LogP contribution in [0.25, 0.3) is 22.3 Å². The van der Waals surface area contributed by atoms with Crippen molar-refractivity contribution in [2.75, 3.05) is 13.1 Å². The lowest BCUT2D eigenvalue weighted by Gasteiger charge is -2.22. The molecule has 1 fully saturated rings. The Labute approximate surface area is 220 Å². The van der Waals surface area contributed by atoms with Crippen molar-refractivity contribution in [3.63, 3.8) is 0 Å². The van der Waals surface area contributed by atoms with Crippen molar-refractivity contribution in [3.05, 3.63) is 82.4 Å². The minimum Gasteiger partial charge on any atom is -0.390 e. The highest BCUT2D eigenvalue weighted by molar-refractivity contribution is 5.98. The highest BCUT2D eigenvalue weighted by Crippen LogP contribution is 2.42. The van der Waals surface area contributed by atoms with Crippen LogP contribution in [-0.4, -0.2) is 40.6 Å². The number of carbonyl (C=O) groups excluding carboxylic acids is 1. The first-order valence-corrected chi connectivity index (χ1v) is 12.6. The predicted octanol–water partition coefficient (Wildman–Crippen LogP) is 5.08. The Morgan fingerprint density at radius 1 is 1.13 bits per heavy atom. The van der Waals surface area contributed by atoms with E-state index in [2.05, 4.69) is 0 Å². The molecule has 2 heterocycles. The lowest BCUT2D eigenvalue weighted by molar-refractivity contribution is -0.0146. The summed E-state index contributed by atoms with van der Waals surface area (Å²) in [5.41, 5.74) is 8.44. The van der Waals surface area contributed by atoms with Crippen molar-refractivity contribution in [3.8, 4) is 28.3 Å². The highest BCUT2D eigenvalue weighted by atomic mass is 19.1. The van der Waals surface area contributed by atoms with Gasteiger partial charge in [0.2, 0.25) is 0 Å². The fraction of sp³-hybridized carbons (Fsp3) is 0.333. The highest BCUT2D eigenvalue weighted by Gasteiger charge is 2.31. The van der Waals surface area contributed by atoms with E-state index in [0.29, 0.717) is 59.3 Å². The number of halogens is 2. The number of nitrogens with two attached hydrogens (primary N) is 1. The first-order valence-electron chi connectivity index (χ1n) is 12.6. The molecule has 8 heteroatoms. The van der Waals surface area contributed by atoms with Gasteiger partial charge in [0.15, 0.2) is 0 Å². The number of rotatable bonds is 5. The molecule has 0 radical (unpaired) electrons. The Morgan fingerprint density at radius 3 is 2.58 bits per heavy atom. The van der Waals surface area contributed by atoms with Crippen molar-refractivity contribution in [1.29, 1.82) is 5.26 Å². The third-order valence-electron chi connectivity index (χ3n) is 7.17. The molecule has 1 saturated heterocycles. The van der Waals surface area contributed by atoms with Gasteiger partial charge < -0.3 is 20.5 Å². The van der Waals surface area contributed by atoms with Gasteiger partial charge in [0, 0.05) is 36.7 Å². The summed E-state index contributed by atoms with van der Waals surface area (Å²) in [6.45, 7) is 4.64. The molecule has 0 aliphatic carbocycles. The number of likely N-dealkylation sites (tertiary alicyclic amines) is 1. The summed E-state index contributed by atoms with van der Waals surface area (Å²) in [5.74, 6) is -1.39. The maximum absolute atomic E-state index is 15.7. The average molecular weight is 518 g/mol. The molecule has 0 bridgehead atoms. The number of fused-ring (bicyclic) bond motifs is 1. The summed E-state index contributed by atoms with van der Waals surface area (Å²) in [4.78, 5) is 14.9. The number of ether oxygens (including phenoxy) is 1. The molecular weight excluding hydrogens is 488 g/mol. The summed E-state index contributed by atoms with van der Waals surface area (Å²) < 4.78 is 36.1. The molecule has 0 spiro atoms. The van der Waals surface area contributed by atoms with E-state index in [1.54, 1.807) is 49.1 Å². The quantitative estimate of drug-likeness (QED) is 0.492. The maximum atomic E-state index is 15.7. The minimum absolute atomic E-state index is 0.0757. The van der Waals surface area contributed by atoms with E-state index in [4.69, 9.17) is 15.7 Å². The van der Waals surface area contributed by atoms with Crippen LogP contribution in [0, 0.1) is 23.0 Å². The molecule has 0 saturated carbocycles. The largest absolute Gasteiger partial charge is 0.390 e. The number of amides is 1. The molecule has 1 amide bonds. The third kappa shape index (κ3) is 5.05. The zero-order valence-corrected chi connectivity index (χ0v) is 21.3.